The number of nitrogens with one attached hydrogen (secondary N) is 2. The number of carbonyl (C=O) groups is 1. The number of benzene rings is 2. The molecule has 2 aromatic carbocycles. The van der Waals surface area contributed by atoms with Crippen molar-refractivity contribution in [3.05, 3.63) is 84.7 Å². The number of carboxylic acids is 1. The van der Waals surface area contributed by atoms with Gasteiger partial charge >= 0.3 is 5.97 Å². The van der Waals surface area contributed by atoms with Crippen LogP contribution in [0.3, 0.4) is 0 Å². The van der Waals surface area contributed by atoms with Gasteiger partial charge in [-0.05, 0) is 30.3 Å². The standard InChI is InChI=1S/C19H16N4O2/c24-18(25)19(22-14-7-3-1-4-8-14)11-12-20-17-16(19)13-21-23(17)15-9-5-2-6-10-15/h1-13,20,22H,(H,24,25). The summed E-state index contributed by atoms with van der Waals surface area (Å²) in [7, 11) is 0. The molecule has 0 saturated carbocycles. The molecule has 0 fully saturated rings. The molecule has 0 bridgehead atoms. The van der Waals surface area contributed by atoms with E-state index in [1.54, 1.807) is 23.2 Å². The lowest BCUT2D eigenvalue weighted by molar-refractivity contribution is -0.140. The largest absolute Gasteiger partial charge is 0.479 e. The summed E-state index contributed by atoms with van der Waals surface area (Å²) in [5.41, 5.74) is 0.727. The summed E-state index contributed by atoms with van der Waals surface area (Å²) in [6.45, 7) is 0. The van der Waals surface area contributed by atoms with Gasteiger partial charge in [0.05, 0.1) is 17.4 Å². The van der Waals surface area contributed by atoms with Crippen LogP contribution in [-0.4, -0.2) is 20.9 Å². The number of rotatable bonds is 4. The van der Waals surface area contributed by atoms with Crippen LogP contribution in [0.15, 0.2) is 79.1 Å². The van der Waals surface area contributed by atoms with E-state index in [2.05, 4.69) is 15.7 Å². The maximum Gasteiger partial charge on any atom is 0.338 e. The number of anilines is 2. The molecule has 25 heavy (non-hydrogen) atoms. The van der Waals surface area contributed by atoms with Crippen LogP contribution >= 0.6 is 0 Å². The van der Waals surface area contributed by atoms with E-state index in [9.17, 15) is 9.90 Å². The number of nitrogens with zero attached hydrogens (tertiary/aromatic N) is 2. The van der Waals surface area contributed by atoms with E-state index in [0.29, 0.717) is 11.4 Å². The van der Waals surface area contributed by atoms with Gasteiger partial charge in [0.2, 0.25) is 0 Å². The average Bonchev–Trinajstić information content (AvgIpc) is 3.08. The van der Waals surface area contributed by atoms with Crippen molar-refractivity contribution in [2.24, 2.45) is 0 Å². The van der Waals surface area contributed by atoms with Crippen molar-refractivity contribution in [1.82, 2.24) is 9.78 Å². The Hall–Kier alpha value is -3.54. The maximum absolute atomic E-state index is 12.2. The van der Waals surface area contributed by atoms with Crippen LogP contribution in [0.1, 0.15) is 5.56 Å². The van der Waals surface area contributed by atoms with E-state index in [1.807, 2.05) is 60.7 Å². The maximum atomic E-state index is 12.2. The second kappa shape index (κ2) is 5.83. The first-order valence-electron chi connectivity index (χ1n) is 7.85. The van der Waals surface area contributed by atoms with Gasteiger partial charge in [0.25, 0.3) is 0 Å². The lowest BCUT2D eigenvalue weighted by atomic mass is 9.89. The van der Waals surface area contributed by atoms with Crippen LogP contribution in [-0.2, 0) is 10.3 Å². The molecule has 0 spiro atoms. The fraction of sp³-hybridized carbons (Fsp3) is 0.0526. The molecular weight excluding hydrogens is 316 g/mol. The highest BCUT2D eigenvalue weighted by atomic mass is 16.4. The molecule has 1 aliphatic rings. The van der Waals surface area contributed by atoms with Crippen LogP contribution in [0.5, 0.6) is 0 Å². The normalized spacial score (nSPS) is 18.2. The molecule has 4 rings (SSSR count). The zero-order valence-electron chi connectivity index (χ0n) is 13.3. The second-order valence-corrected chi connectivity index (χ2v) is 5.74. The Kier molecular flexibility index (Phi) is 3.50. The Morgan fingerprint density at radius 2 is 1.76 bits per heavy atom. The average molecular weight is 332 g/mol. The third-order valence-corrected chi connectivity index (χ3v) is 4.20. The molecule has 0 amide bonds. The fourth-order valence-corrected chi connectivity index (χ4v) is 2.97. The van der Waals surface area contributed by atoms with Crippen LogP contribution in [0, 0.1) is 0 Å². The minimum atomic E-state index is -1.39. The summed E-state index contributed by atoms with van der Waals surface area (Å²) in [4.78, 5) is 12.2. The number of fused-ring (bicyclic) bond motifs is 1. The Morgan fingerprint density at radius 1 is 1.08 bits per heavy atom. The summed E-state index contributed by atoms with van der Waals surface area (Å²) >= 11 is 0. The highest BCUT2D eigenvalue weighted by Crippen LogP contribution is 2.37. The van der Waals surface area contributed by atoms with Gasteiger partial charge in [-0.3, -0.25) is 0 Å². The van der Waals surface area contributed by atoms with Gasteiger partial charge in [-0.2, -0.15) is 5.10 Å². The third kappa shape index (κ3) is 2.44. The fourth-order valence-electron chi connectivity index (χ4n) is 2.97. The zero-order valence-corrected chi connectivity index (χ0v) is 13.3. The van der Waals surface area contributed by atoms with Crippen LogP contribution in [0.2, 0.25) is 0 Å². The van der Waals surface area contributed by atoms with Crippen molar-refractivity contribution in [1.29, 1.82) is 0 Å². The molecule has 0 radical (unpaired) electrons. The smallest absolute Gasteiger partial charge is 0.338 e. The number of para-hydroxylation sites is 2. The summed E-state index contributed by atoms with van der Waals surface area (Å²) in [6.07, 6.45) is 4.82. The lowest BCUT2D eigenvalue weighted by Crippen LogP contribution is -2.43. The van der Waals surface area contributed by atoms with E-state index >= 15 is 0 Å². The Labute approximate surface area is 144 Å². The van der Waals surface area contributed by atoms with Gasteiger partial charge in [0.1, 0.15) is 5.82 Å². The SMILES string of the molecule is O=C(O)C1(Nc2ccccc2)C=CNc2c1cnn2-c1ccccc1. The van der Waals surface area contributed by atoms with Crippen molar-refractivity contribution >= 4 is 17.5 Å². The van der Waals surface area contributed by atoms with Gasteiger partial charge in [-0.25, -0.2) is 9.48 Å². The molecule has 6 nitrogen and oxygen atoms in total. The molecule has 1 atom stereocenters. The molecule has 0 aliphatic carbocycles. The van der Waals surface area contributed by atoms with Crippen molar-refractivity contribution in [3.8, 4) is 5.69 Å². The monoisotopic (exact) mass is 332 g/mol. The summed E-state index contributed by atoms with van der Waals surface area (Å²) < 4.78 is 1.70. The molecule has 124 valence electrons. The van der Waals surface area contributed by atoms with Crippen molar-refractivity contribution < 1.29 is 9.90 Å². The van der Waals surface area contributed by atoms with Crippen LogP contribution in [0.4, 0.5) is 11.5 Å². The minimum Gasteiger partial charge on any atom is -0.479 e. The minimum absolute atomic E-state index is 0.551. The number of aliphatic carboxylic acids is 1. The second-order valence-electron chi connectivity index (χ2n) is 5.74. The molecule has 1 aromatic heterocycles. The summed E-state index contributed by atoms with van der Waals surface area (Å²) in [5, 5.41) is 20.7. The first-order valence-corrected chi connectivity index (χ1v) is 7.85. The molecule has 3 N–H and O–H groups in total. The Morgan fingerprint density at radius 3 is 2.44 bits per heavy atom. The van der Waals surface area contributed by atoms with Gasteiger partial charge in [0, 0.05) is 11.9 Å². The van der Waals surface area contributed by atoms with Crippen molar-refractivity contribution in [3.63, 3.8) is 0 Å². The van der Waals surface area contributed by atoms with Gasteiger partial charge in [0.15, 0.2) is 5.54 Å². The number of carboxylic acid groups (broad SMARTS) is 1. The molecule has 1 aliphatic heterocycles. The van der Waals surface area contributed by atoms with E-state index in [-0.39, 0.29) is 0 Å². The van der Waals surface area contributed by atoms with Crippen LogP contribution in [0.25, 0.3) is 5.69 Å². The van der Waals surface area contributed by atoms with Crippen LogP contribution < -0.4 is 10.6 Å². The van der Waals surface area contributed by atoms with Gasteiger partial charge in [-0.1, -0.05) is 36.4 Å². The first-order chi connectivity index (χ1) is 12.2. The highest BCUT2D eigenvalue weighted by molar-refractivity contribution is 5.90. The lowest BCUT2D eigenvalue weighted by Gasteiger charge is -2.31. The summed E-state index contributed by atoms with van der Waals surface area (Å²) in [6, 6.07) is 18.9. The first kappa shape index (κ1) is 15.0. The van der Waals surface area contributed by atoms with Gasteiger partial charge in [-0.15, -0.1) is 0 Å². The van der Waals surface area contributed by atoms with E-state index in [4.69, 9.17) is 0 Å². The predicted molar refractivity (Wildman–Crippen MR) is 95.7 cm³/mol. The molecule has 0 saturated heterocycles. The molecular formula is C19H16N4O2. The zero-order chi connectivity index (χ0) is 17.3. The van der Waals surface area contributed by atoms with Crippen molar-refractivity contribution in [2.75, 3.05) is 10.6 Å². The number of hydrogen-bond donors (Lipinski definition) is 3. The molecule has 2 heterocycles. The number of hydrogen-bond acceptors (Lipinski definition) is 4. The molecule has 1 unspecified atom stereocenters. The van der Waals surface area contributed by atoms with Crippen molar-refractivity contribution in [2.45, 2.75) is 5.54 Å². The quantitative estimate of drug-likeness (QED) is 0.684. The van der Waals surface area contributed by atoms with E-state index in [1.165, 1.54) is 0 Å². The van der Waals surface area contributed by atoms with Gasteiger partial charge < -0.3 is 15.7 Å². The molecule has 3 aromatic rings. The summed E-state index contributed by atoms with van der Waals surface area (Å²) in [5.74, 6) is -0.373. The molecule has 6 heteroatoms. The predicted octanol–water partition coefficient (Wildman–Crippen LogP) is 3.20. The highest BCUT2D eigenvalue weighted by Gasteiger charge is 2.43. The Bertz CT molecular complexity index is 935. The Balaban J connectivity index is 1.84. The number of aromatic nitrogens is 2. The topological polar surface area (TPSA) is 79.2 Å². The third-order valence-electron chi connectivity index (χ3n) is 4.20. The van der Waals surface area contributed by atoms with E-state index < -0.39 is 11.5 Å². The van der Waals surface area contributed by atoms with E-state index in [0.717, 1.165) is 11.4 Å².